The highest BCUT2D eigenvalue weighted by molar-refractivity contribution is 7.81. The third-order valence-corrected chi connectivity index (χ3v) is 4.00. The Hall–Kier alpha value is -0.480. The third-order valence-electron chi connectivity index (χ3n) is 2.73. The van der Waals surface area contributed by atoms with E-state index in [2.05, 4.69) is 31.0 Å². The maximum atomic E-state index is 11.6. The Balaban J connectivity index is 2.25. The maximum absolute atomic E-state index is 11.6. The van der Waals surface area contributed by atoms with Crippen molar-refractivity contribution in [2.75, 3.05) is 12.3 Å². The summed E-state index contributed by atoms with van der Waals surface area (Å²) in [7, 11) is 0. The van der Waals surface area contributed by atoms with Gasteiger partial charge in [-0.05, 0) is 30.4 Å². The Morgan fingerprint density at radius 1 is 1.79 bits per heavy atom. The summed E-state index contributed by atoms with van der Waals surface area (Å²) in [5.74, 6) is 0.446. The number of carbonyl (C=O) groups excluding carboxylic acids is 1. The molecular formula is C10H13NOS2. The van der Waals surface area contributed by atoms with E-state index in [0.717, 1.165) is 13.0 Å². The van der Waals surface area contributed by atoms with E-state index in [-0.39, 0.29) is 11.9 Å². The molecule has 0 fully saturated rings. The first-order chi connectivity index (χ1) is 6.74. The molecule has 0 bridgehead atoms. The molecule has 1 amide bonds. The average molecular weight is 227 g/mol. The summed E-state index contributed by atoms with van der Waals surface area (Å²) in [6.07, 6.45) is 0.997. The number of hydrogen-bond acceptors (Lipinski definition) is 3. The number of nitrogens with zero attached hydrogens (tertiary/aromatic N) is 1. The number of hydrogen-bond donors (Lipinski definition) is 1. The summed E-state index contributed by atoms with van der Waals surface area (Å²) in [6, 6.07) is 2.35. The fraction of sp³-hybridized carbons (Fsp3) is 0.500. The van der Waals surface area contributed by atoms with Gasteiger partial charge in [-0.1, -0.05) is 0 Å². The lowest BCUT2D eigenvalue weighted by Crippen LogP contribution is -2.38. The molecule has 0 aliphatic carbocycles. The molecule has 1 unspecified atom stereocenters. The Morgan fingerprint density at radius 2 is 2.57 bits per heavy atom. The standard InChI is InChI=1S/C10H13NOS2/c1-7-8-3-5-14-9(8)2-4-11(7)10(12)6-13/h3,5,7,13H,2,4,6H2,1H3. The Labute approximate surface area is 93.3 Å². The summed E-state index contributed by atoms with van der Waals surface area (Å²) >= 11 is 5.83. The highest BCUT2D eigenvalue weighted by Gasteiger charge is 2.27. The van der Waals surface area contributed by atoms with Gasteiger partial charge in [0.05, 0.1) is 11.8 Å². The van der Waals surface area contributed by atoms with Gasteiger partial charge in [0.25, 0.3) is 0 Å². The normalized spacial score (nSPS) is 20.7. The van der Waals surface area contributed by atoms with Crippen LogP contribution in [0.4, 0.5) is 0 Å². The summed E-state index contributed by atoms with van der Waals surface area (Å²) < 4.78 is 0. The van der Waals surface area contributed by atoms with E-state index in [1.165, 1.54) is 10.4 Å². The number of thiol groups is 1. The zero-order valence-corrected chi connectivity index (χ0v) is 9.78. The van der Waals surface area contributed by atoms with E-state index in [1.807, 2.05) is 4.90 Å². The van der Waals surface area contributed by atoms with Crippen molar-refractivity contribution in [3.8, 4) is 0 Å². The lowest BCUT2D eigenvalue weighted by molar-refractivity contribution is -0.130. The van der Waals surface area contributed by atoms with Crippen molar-refractivity contribution in [2.45, 2.75) is 19.4 Å². The Morgan fingerprint density at radius 3 is 3.29 bits per heavy atom. The van der Waals surface area contributed by atoms with Crippen LogP contribution in [-0.2, 0) is 11.2 Å². The largest absolute Gasteiger partial charge is 0.335 e. The van der Waals surface area contributed by atoms with E-state index in [9.17, 15) is 4.79 Å². The fourth-order valence-corrected chi connectivity index (χ4v) is 3.09. The van der Waals surface area contributed by atoms with Crippen LogP contribution < -0.4 is 0 Å². The van der Waals surface area contributed by atoms with Crippen LogP contribution in [0, 0.1) is 0 Å². The van der Waals surface area contributed by atoms with Gasteiger partial charge in [-0.3, -0.25) is 4.79 Å². The summed E-state index contributed by atoms with van der Waals surface area (Å²) in [4.78, 5) is 14.9. The van der Waals surface area contributed by atoms with Crippen LogP contribution in [0.1, 0.15) is 23.4 Å². The predicted octanol–water partition coefficient (Wildman–Crippen LogP) is 2.12. The van der Waals surface area contributed by atoms with Gasteiger partial charge < -0.3 is 4.90 Å². The van der Waals surface area contributed by atoms with Crippen molar-refractivity contribution < 1.29 is 4.79 Å². The van der Waals surface area contributed by atoms with Gasteiger partial charge in [0, 0.05) is 11.4 Å². The maximum Gasteiger partial charge on any atom is 0.232 e. The van der Waals surface area contributed by atoms with Crippen molar-refractivity contribution >= 4 is 29.9 Å². The van der Waals surface area contributed by atoms with E-state index in [0.29, 0.717) is 5.75 Å². The summed E-state index contributed by atoms with van der Waals surface area (Å²) in [6.45, 7) is 2.93. The molecular weight excluding hydrogens is 214 g/mol. The monoisotopic (exact) mass is 227 g/mol. The zero-order chi connectivity index (χ0) is 10.1. The fourth-order valence-electron chi connectivity index (χ4n) is 1.94. The minimum atomic E-state index is 0.137. The van der Waals surface area contributed by atoms with E-state index < -0.39 is 0 Å². The molecule has 2 rings (SSSR count). The smallest absolute Gasteiger partial charge is 0.232 e. The van der Waals surface area contributed by atoms with Crippen molar-refractivity contribution in [3.05, 3.63) is 21.9 Å². The van der Waals surface area contributed by atoms with Gasteiger partial charge in [-0.25, -0.2) is 0 Å². The summed E-state index contributed by atoms with van der Waals surface area (Å²) in [5.41, 5.74) is 1.32. The van der Waals surface area contributed by atoms with Crippen LogP contribution >= 0.6 is 24.0 Å². The number of amides is 1. The van der Waals surface area contributed by atoms with Crippen LogP contribution in [0.3, 0.4) is 0 Å². The molecule has 4 heteroatoms. The second-order valence-electron chi connectivity index (χ2n) is 3.47. The highest BCUT2D eigenvalue weighted by atomic mass is 32.1. The second-order valence-corrected chi connectivity index (χ2v) is 4.79. The molecule has 1 atom stereocenters. The first kappa shape index (κ1) is 10.1. The first-order valence-corrected chi connectivity index (χ1v) is 6.22. The van der Waals surface area contributed by atoms with Crippen LogP contribution in [0.15, 0.2) is 11.4 Å². The predicted molar refractivity (Wildman–Crippen MR) is 62.0 cm³/mol. The molecule has 1 aliphatic rings. The van der Waals surface area contributed by atoms with Crippen molar-refractivity contribution in [2.24, 2.45) is 0 Å². The van der Waals surface area contributed by atoms with E-state index in [1.54, 1.807) is 11.3 Å². The molecule has 0 saturated heterocycles. The molecule has 0 saturated carbocycles. The van der Waals surface area contributed by atoms with Crippen molar-refractivity contribution in [3.63, 3.8) is 0 Å². The van der Waals surface area contributed by atoms with Gasteiger partial charge in [0.2, 0.25) is 5.91 Å². The molecule has 1 aromatic rings. The van der Waals surface area contributed by atoms with Gasteiger partial charge in [-0.2, -0.15) is 12.6 Å². The second kappa shape index (κ2) is 3.95. The topological polar surface area (TPSA) is 20.3 Å². The van der Waals surface area contributed by atoms with E-state index >= 15 is 0 Å². The number of carbonyl (C=O) groups is 1. The quantitative estimate of drug-likeness (QED) is 0.729. The Bertz CT molecular complexity index is 348. The van der Waals surface area contributed by atoms with Crippen LogP contribution in [0.25, 0.3) is 0 Å². The number of thiophene rings is 1. The number of rotatable bonds is 1. The van der Waals surface area contributed by atoms with Crippen LogP contribution in [-0.4, -0.2) is 23.1 Å². The van der Waals surface area contributed by atoms with Crippen LogP contribution in [0.5, 0.6) is 0 Å². The van der Waals surface area contributed by atoms with Gasteiger partial charge >= 0.3 is 0 Å². The minimum absolute atomic E-state index is 0.137. The van der Waals surface area contributed by atoms with Crippen LogP contribution in [0.2, 0.25) is 0 Å². The lowest BCUT2D eigenvalue weighted by atomic mass is 10.0. The molecule has 0 aromatic carbocycles. The van der Waals surface area contributed by atoms with Gasteiger partial charge in [0.15, 0.2) is 0 Å². The average Bonchev–Trinajstić information content (AvgIpc) is 2.66. The third kappa shape index (κ3) is 1.57. The van der Waals surface area contributed by atoms with Gasteiger partial charge in [0.1, 0.15) is 0 Å². The Kier molecular flexibility index (Phi) is 2.83. The molecule has 0 spiro atoms. The lowest BCUT2D eigenvalue weighted by Gasteiger charge is -2.33. The molecule has 14 heavy (non-hydrogen) atoms. The molecule has 2 nitrogen and oxygen atoms in total. The SMILES string of the molecule is CC1c2ccsc2CCN1C(=O)CS. The molecule has 2 heterocycles. The van der Waals surface area contributed by atoms with Gasteiger partial charge in [-0.15, -0.1) is 11.3 Å². The minimum Gasteiger partial charge on any atom is -0.335 e. The molecule has 1 aromatic heterocycles. The first-order valence-electron chi connectivity index (χ1n) is 4.70. The number of fused-ring (bicyclic) bond motifs is 1. The van der Waals surface area contributed by atoms with Crippen molar-refractivity contribution in [1.29, 1.82) is 0 Å². The molecule has 0 radical (unpaired) electrons. The molecule has 0 N–H and O–H groups in total. The molecule has 1 aliphatic heterocycles. The molecule has 76 valence electrons. The highest BCUT2D eigenvalue weighted by Crippen LogP contribution is 2.32. The van der Waals surface area contributed by atoms with E-state index in [4.69, 9.17) is 0 Å². The zero-order valence-electron chi connectivity index (χ0n) is 8.06. The van der Waals surface area contributed by atoms with Crippen molar-refractivity contribution in [1.82, 2.24) is 4.90 Å². The summed E-state index contributed by atoms with van der Waals surface area (Å²) in [5, 5.41) is 2.11.